The SMILES string of the molecule is O=C(COc1ccccc1)N1[C@H]2CC[C@@H]1c1cnc(-c3ccccc3)nc1C2. The summed E-state index contributed by atoms with van der Waals surface area (Å²) in [7, 11) is 0. The second-order valence-electron chi connectivity index (χ2n) is 7.32. The van der Waals surface area contributed by atoms with Crippen molar-refractivity contribution < 1.29 is 9.53 Å². The first-order chi connectivity index (χ1) is 13.8. The highest BCUT2D eigenvalue weighted by atomic mass is 16.5. The molecule has 3 heterocycles. The molecule has 2 aromatic carbocycles. The lowest BCUT2D eigenvalue weighted by molar-refractivity contribution is -0.137. The summed E-state index contributed by atoms with van der Waals surface area (Å²) in [5.41, 5.74) is 3.18. The smallest absolute Gasteiger partial charge is 0.261 e. The molecule has 0 spiro atoms. The minimum absolute atomic E-state index is 0.0362. The van der Waals surface area contributed by atoms with E-state index < -0.39 is 0 Å². The van der Waals surface area contributed by atoms with Crippen LogP contribution in [0.25, 0.3) is 11.4 Å². The summed E-state index contributed by atoms with van der Waals surface area (Å²) in [6.45, 7) is 0.0648. The summed E-state index contributed by atoms with van der Waals surface area (Å²) in [6, 6.07) is 19.8. The molecular formula is C23H21N3O2. The summed E-state index contributed by atoms with van der Waals surface area (Å²) in [4.78, 5) is 24.3. The van der Waals surface area contributed by atoms with Crippen LogP contribution in [0.2, 0.25) is 0 Å². The van der Waals surface area contributed by atoms with Crippen LogP contribution >= 0.6 is 0 Å². The standard InChI is InChI=1S/C23H21N3O2/c27-22(15-28-18-9-5-2-6-10-18)26-17-11-12-21(26)19-14-24-23(25-20(19)13-17)16-7-3-1-4-8-16/h1-10,14,17,21H,11-13,15H2/t17-,21+/m0/s1. The highest BCUT2D eigenvalue weighted by Gasteiger charge is 2.43. The fourth-order valence-corrected chi connectivity index (χ4v) is 4.32. The quantitative estimate of drug-likeness (QED) is 0.700. The van der Waals surface area contributed by atoms with Crippen LogP contribution in [0.5, 0.6) is 5.75 Å². The molecule has 0 N–H and O–H groups in total. The lowest BCUT2D eigenvalue weighted by Crippen LogP contribution is -2.44. The van der Waals surface area contributed by atoms with E-state index in [4.69, 9.17) is 9.72 Å². The van der Waals surface area contributed by atoms with Crippen LogP contribution in [0.1, 0.15) is 30.1 Å². The number of hydrogen-bond acceptors (Lipinski definition) is 4. The van der Waals surface area contributed by atoms with Crippen molar-refractivity contribution in [3.8, 4) is 17.1 Å². The van der Waals surface area contributed by atoms with Gasteiger partial charge in [0, 0.05) is 29.8 Å². The molecule has 2 aliphatic heterocycles. The van der Waals surface area contributed by atoms with E-state index in [2.05, 4.69) is 4.98 Å². The van der Waals surface area contributed by atoms with Crippen LogP contribution in [-0.4, -0.2) is 33.4 Å². The molecule has 5 nitrogen and oxygen atoms in total. The normalized spacial score (nSPS) is 19.9. The van der Waals surface area contributed by atoms with Crippen molar-refractivity contribution >= 4 is 5.91 Å². The fraction of sp³-hybridized carbons (Fsp3) is 0.261. The van der Waals surface area contributed by atoms with Crippen molar-refractivity contribution in [1.29, 1.82) is 0 Å². The highest BCUT2D eigenvalue weighted by Crippen LogP contribution is 2.43. The summed E-state index contributed by atoms with van der Waals surface area (Å²) >= 11 is 0. The van der Waals surface area contributed by atoms with Crippen molar-refractivity contribution in [1.82, 2.24) is 14.9 Å². The van der Waals surface area contributed by atoms with Crippen LogP contribution in [0.3, 0.4) is 0 Å². The van der Waals surface area contributed by atoms with Gasteiger partial charge in [-0.3, -0.25) is 4.79 Å². The van der Waals surface area contributed by atoms with E-state index in [1.165, 1.54) is 0 Å². The highest BCUT2D eigenvalue weighted by molar-refractivity contribution is 5.79. The van der Waals surface area contributed by atoms with E-state index in [1.807, 2.05) is 71.8 Å². The predicted octanol–water partition coefficient (Wildman–Crippen LogP) is 3.81. The van der Waals surface area contributed by atoms with Crippen molar-refractivity contribution in [3.63, 3.8) is 0 Å². The van der Waals surface area contributed by atoms with Crippen molar-refractivity contribution in [2.45, 2.75) is 31.3 Å². The number of ether oxygens (including phenoxy) is 1. The van der Waals surface area contributed by atoms with Gasteiger partial charge in [-0.15, -0.1) is 0 Å². The average Bonchev–Trinajstić information content (AvgIpc) is 3.08. The van der Waals surface area contributed by atoms with Crippen LogP contribution < -0.4 is 4.74 Å². The van der Waals surface area contributed by atoms with Gasteiger partial charge in [0.05, 0.1) is 11.7 Å². The molecule has 1 aromatic heterocycles. The molecule has 2 bridgehead atoms. The van der Waals surface area contributed by atoms with Crippen LogP contribution in [0.4, 0.5) is 0 Å². The zero-order valence-corrected chi connectivity index (χ0v) is 15.5. The average molecular weight is 371 g/mol. The third-order valence-corrected chi connectivity index (χ3v) is 5.62. The number of fused-ring (bicyclic) bond motifs is 4. The Morgan fingerprint density at radius 1 is 1.04 bits per heavy atom. The molecule has 5 heteroatoms. The van der Waals surface area contributed by atoms with Gasteiger partial charge in [0.25, 0.3) is 5.91 Å². The van der Waals surface area contributed by atoms with Gasteiger partial charge in [-0.25, -0.2) is 9.97 Å². The first-order valence-corrected chi connectivity index (χ1v) is 9.70. The summed E-state index contributed by atoms with van der Waals surface area (Å²) in [6.07, 6.45) is 4.65. The molecule has 5 rings (SSSR count). The predicted molar refractivity (Wildman–Crippen MR) is 106 cm³/mol. The van der Waals surface area contributed by atoms with Gasteiger partial charge in [-0.2, -0.15) is 0 Å². The molecular weight excluding hydrogens is 350 g/mol. The zero-order chi connectivity index (χ0) is 18.9. The summed E-state index contributed by atoms with van der Waals surface area (Å²) < 4.78 is 5.69. The van der Waals surface area contributed by atoms with E-state index in [9.17, 15) is 4.79 Å². The Balaban J connectivity index is 1.36. The summed E-state index contributed by atoms with van der Waals surface area (Å²) in [5, 5.41) is 0. The number of carbonyl (C=O) groups is 1. The van der Waals surface area contributed by atoms with E-state index in [0.29, 0.717) is 0 Å². The number of amides is 1. The van der Waals surface area contributed by atoms with Crippen LogP contribution in [0, 0.1) is 0 Å². The number of benzene rings is 2. The molecule has 0 unspecified atom stereocenters. The number of hydrogen-bond donors (Lipinski definition) is 0. The van der Waals surface area contributed by atoms with Crippen molar-refractivity contribution in [3.05, 3.63) is 78.1 Å². The molecule has 140 valence electrons. The van der Waals surface area contributed by atoms with Gasteiger partial charge in [-0.05, 0) is 25.0 Å². The molecule has 1 amide bonds. The molecule has 1 saturated heterocycles. The minimum atomic E-state index is 0.0362. The third kappa shape index (κ3) is 3.03. The Kier molecular flexibility index (Phi) is 4.28. The largest absolute Gasteiger partial charge is 0.484 e. The zero-order valence-electron chi connectivity index (χ0n) is 15.5. The number of rotatable bonds is 4. The van der Waals surface area contributed by atoms with Gasteiger partial charge >= 0.3 is 0 Å². The Labute approximate surface area is 164 Å². The van der Waals surface area contributed by atoms with Crippen molar-refractivity contribution in [2.24, 2.45) is 0 Å². The number of carbonyl (C=O) groups excluding carboxylic acids is 1. The topological polar surface area (TPSA) is 55.3 Å². The maximum Gasteiger partial charge on any atom is 0.261 e. The van der Waals surface area contributed by atoms with Crippen LogP contribution in [-0.2, 0) is 11.2 Å². The lowest BCUT2D eigenvalue weighted by atomic mass is 9.99. The second kappa shape index (κ2) is 7.08. The molecule has 2 aliphatic rings. The Bertz CT molecular complexity index is 991. The second-order valence-corrected chi connectivity index (χ2v) is 7.32. The molecule has 0 saturated carbocycles. The molecule has 1 fully saturated rings. The van der Waals surface area contributed by atoms with E-state index in [0.717, 1.165) is 47.7 Å². The van der Waals surface area contributed by atoms with Crippen molar-refractivity contribution in [2.75, 3.05) is 6.61 Å². The van der Waals surface area contributed by atoms with Gasteiger partial charge in [0.2, 0.25) is 0 Å². The molecule has 28 heavy (non-hydrogen) atoms. The number of aromatic nitrogens is 2. The van der Waals surface area contributed by atoms with Gasteiger partial charge in [0.1, 0.15) is 5.75 Å². The van der Waals surface area contributed by atoms with Crippen LogP contribution in [0.15, 0.2) is 66.9 Å². The maximum atomic E-state index is 12.9. The lowest BCUT2D eigenvalue weighted by Gasteiger charge is -2.35. The maximum absolute atomic E-state index is 12.9. The first-order valence-electron chi connectivity index (χ1n) is 9.70. The molecule has 3 aromatic rings. The van der Waals surface area contributed by atoms with E-state index in [1.54, 1.807) is 0 Å². The van der Waals surface area contributed by atoms with E-state index in [-0.39, 0.29) is 24.6 Å². The fourth-order valence-electron chi connectivity index (χ4n) is 4.32. The molecule has 0 radical (unpaired) electrons. The molecule has 0 aliphatic carbocycles. The molecule has 2 atom stereocenters. The Morgan fingerprint density at radius 3 is 2.57 bits per heavy atom. The van der Waals surface area contributed by atoms with Gasteiger partial charge in [-0.1, -0.05) is 48.5 Å². The van der Waals surface area contributed by atoms with Gasteiger partial charge in [0.15, 0.2) is 12.4 Å². The first kappa shape index (κ1) is 16.9. The number of nitrogens with zero attached hydrogens (tertiary/aromatic N) is 3. The Hall–Kier alpha value is -3.21. The minimum Gasteiger partial charge on any atom is -0.484 e. The van der Waals surface area contributed by atoms with E-state index >= 15 is 0 Å². The Morgan fingerprint density at radius 2 is 1.79 bits per heavy atom. The number of para-hydroxylation sites is 1. The monoisotopic (exact) mass is 371 g/mol. The summed E-state index contributed by atoms with van der Waals surface area (Å²) in [5.74, 6) is 1.51. The third-order valence-electron chi connectivity index (χ3n) is 5.62. The van der Waals surface area contributed by atoms with Gasteiger partial charge < -0.3 is 9.64 Å².